The lowest BCUT2D eigenvalue weighted by Crippen LogP contribution is -2.07. The summed E-state index contributed by atoms with van der Waals surface area (Å²) in [4.78, 5) is 22.2. The molecule has 1 amide bonds. The number of rotatable bonds is 5. The van der Waals surface area contributed by atoms with Crippen molar-refractivity contribution in [2.24, 2.45) is 0 Å². The molecule has 8 heteroatoms. The molecule has 0 saturated carbocycles. The minimum absolute atomic E-state index is 0.0366. The van der Waals surface area contributed by atoms with Gasteiger partial charge in [-0.1, -0.05) is 29.3 Å². The van der Waals surface area contributed by atoms with E-state index in [0.29, 0.717) is 22.0 Å². The zero-order chi connectivity index (χ0) is 17.7. The van der Waals surface area contributed by atoms with Crippen molar-refractivity contribution in [2.45, 2.75) is 0 Å². The van der Waals surface area contributed by atoms with E-state index in [0.717, 1.165) is 0 Å². The van der Waals surface area contributed by atoms with E-state index in [2.05, 4.69) is 5.32 Å². The van der Waals surface area contributed by atoms with E-state index in [1.807, 2.05) is 0 Å². The summed E-state index contributed by atoms with van der Waals surface area (Å²) >= 11 is 11.7. The molecule has 2 aromatic rings. The molecule has 0 saturated heterocycles. The van der Waals surface area contributed by atoms with Crippen molar-refractivity contribution < 1.29 is 14.5 Å². The van der Waals surface area contributed by atoms with Crippen molar-refractivity contribution >= 4 is 46.6 Å². The number of nitro groups is 1. The minimum atomic E-state index is -0.584. The molecule has 0 spiro atoms. The molecule has 0 aromatic heterocycles. The summed E-state index contributed by atoms with van der Waals surface area (Å²) < 4.78 is 5.03. The molecule has 24 heavy (non-hydrogen) atoms. The van der Waals surface area contributed by atoms with Crippen molar-refractivity contribution in [1.29, 1.82) is 0 Å². The number of hydrogen-bond donors (Lipinski definition) is 1. The van der Waals surface area contributed by atoms with Crippen LogP contribution in [-0.4, -0.2) is 17.9 Å². The molecule has 2 aromatic carbocycles. The first-order valence-electron chi connectivity index (χ1n) is 6.67. The second-order valence-electron chi connectivity index (χ2n) is 4.64. The Kier molecular flexibility index (Phi) is 5.78. The third-order valence-electron chi connectivity index (χ3n) is 3.01. The monoisotopic (exact) mass is 366 g/mol. The van der Waals surface area contributed by atoms with Gasteiger partial charge in [0.2, 0.25) is 5.91 Å². The number of amides is 1. The highest BCUT2D eigenvalue weighted by molar-refractivity contribution is 6.33. The number of halogens is 2. The average molecular weight is 367 g/mol. The van der Waals surface area contributed by atoms with E-state index < -0.39 is 10.8 Å². The molecule has 124 valence electrons. The van der Waals surface area contributed by atoms with Crippen molar-refractivity contribution in [3.63, 3.8) is 0 Å². The zero-order valence-corrected chi connectivity index (χ0v) is 14.0. The maximum absolute atomic E-state index is 11.9. The van der Waals surface area contributed by atoms with Crippen molar-refractivity contribution in [3.8, 4) is 5.75 Å². The first-order chi connectivity index (χ1) is 11.4. The van der Waals surface area contributed by atoms with E-state index >= 15 is 0 Å². The molecule has 0 radical (unpaired) electrons. The van der Waals surface area contributed by atoms with Crippen molar-refractivity contribution in [2.75, 3.05) is 12.4 Å². The van der Waals surface area contributed by atoms with Gasteiger partial charge >= 0.3 is 0 Å². The predicted octanol–water partition coefficient (Wildman–Crippen LogP) is 4.56. The fourth-order valence-electron chi connectivity index (χ4n) is 1.87. The normalized spacial score (nSPS) is 10.6. The molecule has 0 fully saturated rings. The summed E-state index contributed by atoms with van der Waals surface area (Å²) in [6.07, 6.45) is 2.70. The first kappa shape index (κ1) is 17.8. The van der Waals surface area contributed by atoms with Gasteiger partial charge < -0.3 is 10.1 Å². The third kappa shape index (κ3) is 4.47. The average Bonchev–Trinajstić information content (AvgIpc) is 2.54. The lowest BCUT2D eigenvalue weighted by Gasteiger charge is -2.06. The van der Waals surface area contributed by atoms with Crippen LogP contribution in [0.15, 0.2) is 42.5 Å². The van der Waals surface area contributed by atoms with Crippen LogP contribution in [0.1, 0.15) is 5.56 Å². The number of nitrogens with zero attached hydrogens (tertiary/aromatic N) is 1. The Morgan fingerprint density at radius 1 is 1.21 bits per heavy atom. The Labute approximate surface area is 147 Å². The molecular weight excluding hydrogens is 355 g/mol. The van der Waals surface area contributed by atoms with Crippen LogP contribution in [0.2, 0.25) is 10.0 Å². The molecule has 0 bridgehead atoms. The Morgan fingerprint density at radius 2 is 1.96 bits per heavy atom. The molecule has 0 aliphatic carbocycles. The highest BCUT2D eigenvalue weighted by Crippen LogP contribution is 2.27. The van der Waals surface area contributed by atoms with Crippen LogP contribution in [0.4, 0.5) is 11.4 Å². The number of anilines is 1. The molecular formula is C16H12Cl2N2O4. The molecule has 0 aliphatic rings. The number of nitro benzene ring substituents is 1. The van der Waals surface area contributed by atoms with E-state index in [-0.39, 0.29) is 10.7 Å². The molecule has 0 atom stereocenters. The van der Waals surface area contributed by atoms with Crippen LogP contribution in [0.5, 0.6) is 5.75 Å². The van der Waals surface area contributed by atoms with Gasteiger partial charge in [0.1, 0.15) is 10.8 Å². The molecule has 2 rings (SSSR count). The number of carbonyl (C=O) groups is 1. The fourth-order valence-corrected chi connectivity index (χ4v) is 2.32. The van der Waals surface area contributed by atoms with E-state index in [9.17, 15) is 14.9 Å². The minimum Gasteiger partial charge on any atom is -0.495 e. The largest absolute Gasteiger partial charge is 0.495 e. The van der Waals surface area contributed by atoms with Gasteiger partial charge in [0.05, 0.1) is 17.1 Å². The summed E-state index contributed by atoms with van der Waals surface area (Å²) in [5, 5.41) is 13.9. The molecule has 6 nitrogen and oxygen atoms in total. The number of nitrogens with one attached hydrogen (secondary N) is 1. The second kappa shape index (κ2) is 7.81. The summed E-state index contributed by atoms with van der Waals surface area (Å²) in [6.45, 7) is 0. The number of carbonyl (C=O) groups excluding carboxylic acids is 1. The van der Waals surface area contributed by atoms with Crippen LogP contribution in [0, 0.1) is 10.1 Å². The topological polar surface area (TPSA) is 81.5 Å². The van der Waals surface area contributed by atoms with Gasteiger partial charge in [-0.05, 0) is 35.9 Å². The Bertz CT molecular complexity index is 822. The first-order valence-corrected chi connectivity index (χ1v) is 7.43. The highest BCUT2D eigenvalue weighted by Gasteiger charge is 2.11. The van der Waals surface area contributed by atoms with Crippen molar-refractivity contribution in [3.05, 3.63) is 68.2 Å². The van der Waals surface area contributed by atoms with Crippen LogP contribution in [0.3, 0.4) is 0 Å². The molecule has 0 unspecified atom stereocenters. The predicted molar refractivity (Wildman–Crippen MR) is 93.8 cm³/mol. The Hall–Kier alpha value is -2.57. The summed E-state index contributed by atoms with van der Waals surface area (Å²) in [5.74, 6) is 0.0903. The van der Waals surface area contributed by atoms with Gasteiger partial charge in [-0.25, -0.2) is 0 Å². The third-order valence-corrected chi connectivity index (χ3v) is 3.63. The van der Waals surface area contributed by atoms with E-state index in [1.54, 1.807) is 24.3 Å². The molecule has 1 N–H and O–H groups in total. The van der Waals surface area contributed by atoms with E-state index in [4.69, 9.17) is 27.9 Å². The number of benzene rings is 2. The molecule has 0 heterocycles. The van der Waals surface area contributed by atoms with Crippen LogP contribution in [-0.2, 0) is 4.79 Å². The summed E-state index contributed by atoms with van der Waals surface area (Å²) in [7, 11) is 1.49. The Balaban J connectivity index is 2.09. The van der Waals surface area contributed by atoms with Gasteiger partial charge in [-0.2, -0.15) is 0 Å². The maximum atomic E-state index is 11.9. The quantitative estimate of drug-likeness (QED) is 0.477. The summed E-state index contributed by atoms with van der Waals surface area (Å²) in [6, 6.07) is 9.09. The number of hydrogen-bond acceptors (Lipinski definition) is 4. The number of ether oxygens (including phenoxy) is 1. The van der Waals surface area contributed by atoms with Gasteiger partial charge in [0.15, 0.2) is 0 Å². The molecule has 0 aliphatic heterocycles. The van der Waals surface area contributed by atoms with Gasteiger partial charge in [-0.15, -0.1) is 0 Å². The number of methoxy groups -OCH3 is 1. The Morgan fingerprint density at radius 3 is 2.58 bits per heavy atom. The van der Waals surface area contributed by atoms with Crippen LogP contribution >= 0.6 is 23.2 Å². The summed E-state index contributed by atoms with van der Waals surface area (Å²) in [5.41, 5.74) is 0.757. The standard InChI is InChI=1S/C16H12Cl2N2O4/c1-24-15-6-4-11(9-13(15)18)19-16(21)7-3-10-2-5-12(17)14(8-10)20(22)23/h2-9H,1H3,(H,19,21). The lowest BCUT2D eigenvalue weighted by molar-refractivity contribution is -0.384. The van der Waals surface area contributed by atoms with E-state index in [1.165, 1.54) is 31.4 Å². The second-order valence-corrected chi connectivity index (χ2v) is 5.45. The van der Waals surface area contributed by atoms with Gasteiger partial charge in [0, 0.05) is 17.8 Å². The van der Waals surface area contributed by atoms with Crippen molar-refractivity contribution in [1.82, 2.24) is 0 Å². The zero-order valence-electron chi connectivity index (χ0n) is 12.5. The highest BCUT2D eigenvalue weighted by atomic mass is 35.5. The maximum Gasteiger partial charge on any atom is 0.288 e. The van der Waals surface area contributed by atoms with Crippen LogP contribution < -0.4 is 10.1 Å². The van der Waals surface area contributed by atoms with Gasteiger partial charge in [0.25, 0.3) is 5.69 Å². The smallest absolute Gasteiger partial charge is 0.288 e. The SMILES string of the molecule is COc1ccc(NC(=O)C=Cc2ccc(Cl)c([N+](=O)[O-])c2)cc1Cl. The van der Waals surface area contributed by atoms with Crippen LogP contribution in [0.25, 0.3) is 6.08 Å². The van der Waals surface area contributed by atoms with Gasteiger partial charge in [-0.3, -0.25) is 14.9 Å². The fraction of sp³-hybridized carbons (Fsp3) is 0.0625. The lowest BCUT2D eigenvalue weighted by atomic mass is 10.2.